The predicted octanol–water partition coefficient (Wildman–Crippen LogP) is 3.31. The topological polar surface area (TPSA) is 26.3 Å². The highest BCUT2D eigenvalue weighted by atomic mass is 19.4. The van der Waals surface area contributed by atoms with E-state index < -0.39 is 12.1 Å². The van der Waals surface area contributed by atoms with Crippen LogP contribution in [0.25, 0.3) is 0 Å². The summed E-state index contributed by atoms with van der Waals surface area (Å²) in [6, 6.07) is 0. The second-order valence-electron chi connectivity index (χ2n) is 4.58. The molecule has 0 spiro atoms. The number of alkyl halides is 3. The van der Waals surface area contributed by atoms with E-state index in [1.807, 2.05) is 0 Å². The third-order valence-corrected chi connectivity index (χ3v) is 2.88. The average molecular weight is 238 g/mol. The van der Waals surface area contributed by atoms with Crippen LogP contribution in [0.4, 0.5) is 13.2 Å². The quantitative estimate of drug-likeness (QED) is 0.690. The first kappa shape index (κ1) is 13.3. The molecule has 0 aromatic rings. The molecule has 0 heterocycles. The van der Waals surface area contributed by atoms with Crippen LogP contribution in [0.3, 0.4) is 0 Å². The Hall–Kier alpha value is -0.740. The van der Waals surface area contributed by atoms with Crippen LogP contribution in [0.2, 0.25) is 0 Å². The summed E-state index contributed by atoms with van der Waals surface area (Å²) in [5, 5.41) is 0. The van der Waals surface area contributed by atoms with Crippen molar-refractivity contribution in [2.75, 3.05) is 0 Å². The van der Waals surface area contributed by atoms with Gasteiger partial charge in [0.25, 0.3) is 0 Å². The van der Waals surface area contributed by atoms with Gasteiger partial charge in [-0.25, -0.2) is 0 Å². The van der Waals surface area contributed by atoms with Gasteiger partial charge in [-0.1, -0.05) is 0 Å². The Kier molecular flexibility index (Phi) is 4.21. The molecule has 1 rings (SSSR count). The molecule has 0 aliphatic heterocycles. The van der Waals surface area contributed by atoms with Gasteiger partial charge in [-0.15, -0.1) is 0 Å². The monoisotopic (exact) mass is 238 g/mol. The molecule has 0 unspecified atom stereocenters. The Labute approximate surface area is 93.2 Å². The van der Waals surface area contributed by atoms with E-state index in [0.29, 0.717) is 0 Å². The normalized spacial score (nSPS) is 26.9. The maximum absolute atomic E-state index is 12.4. The largest absolute Gasteiger partial charge is 0.463 e. The molecule has 0 radical (unpaired) electrons. The minimum atomic E-state index is -4.12. The van der Waals surface area contributed by atoms with Gasteiger partial charge in [0.1, 0.15) is 0 Å². The first-order valence-electron chi connectivity index (χ1n) is 5.58. The lowest BCUT2D eigenvalue weighted by atomic mass is 9.82. The number of ether oxygens (including phenoxy) is 1. The Bertz CT molecular complexity index is 240. The van der Waals surface area contributed by atoms with Gasteiger partial charge in [0, 0.05) is 0 Å². The van der Waals surface area contributed by atoms with Crippen molar-refractivity contribution in [3.05, 3.63) is 0 Å². The third kappa shape index (κ3) is 3.68. The highest BCUT2D eigenvalue weighted by Crippen LogP contribution is 2.39. The summed E-state index contributed by atoms with van der Waals surface area (Å²) in [7, 11) is 0. The van der Waals surface area contributed by atoms with E-state index in [0.717, 1.165) is 0 Å². The molecule has 94 valence electrons. The lowest BCUT2D eigenvalue weighted by Crippen LogP contribution is -2.31. The molecule has 1 saturated carbocycles. The first-order valence-corrected chi connectivity index (χ1v) is 5.58. The van der Waals surface area contributed by atoms with Crippen LogP contribution in [0, 0.1) is 11.8 Å². The molecule has 2 nitrogen and oxygen atoms in total. The van der Waals surface area contributed by atoms with E-state index in [9.17, 15) is 18.0 Å². The van der Waals surface area contributed by atoms with Crippen LogP contribution in [0.15, 0.2) is 0 Å². The molecule has 16 heavy (non-hydrogen) atoms. The molecule has 5 heteroatoms. The smallest absolute Gasteiger partial charge is 0.391 e. The fourth-order valence-electron chi connectivity index (χ4n) is 1.98. The fourth-order valence-corrected chi connectivity index (χ4v) is 1.98. The number of carbonyl (C=O) groups excluding carboxylic acids is 1. The molecule has 0 bridgehead atoms. The van der Waals surface area contributed by atoms with Crippen LogP contribution in [0.5, 0.6) is 0 Å². The summed E-state index contributed by atoms with van der Waals surface area (Å²) < 4.78 is 42.1. The van der Waals surface area contributed by atoms with Crippen molar-refractivity contribution in [1.29, 1.82) is 0 Å². The molecule has 1 aliphatic rings. The van der Waals surface area contributed by atoms with Gasteiger partial charge >= 0.3 is 12.1 Å². The summed E-state index contributed by atoms with van der Waals surface area (Å²) in [4.78, 5) is 11.5. The van der Waals surface area contributed by atoms with Gasteiger partial charge in [-0.2, -0.15) is 13.2 Å². The number of rotatable bonds is 2. The van der Waals surface area contributed by atoms with Crippen molar-refractivity contribution < 1.29 is 22.7 Å². The number of carbonyl (C=O) groups is 1. The van der Waals surface area contributed by atoms with Gasteiger partial charge in [0.2, 0.25) is 0 Å². The van der Waals surface area contributed by atoms with Gasteiger partial charge < -0.3 is 4.74 Å². The Morgan fingerprint density at radius 3 is 2.06 bits per heavy atom. The molecule has 0 atom stereocenters. The van der Waals surface area contributed by atoms with Crippen molar-refractivity contribution in [2.24, 2.45) is 11.8 Å². The summed E-state index contributed by atoms with van der Waals surface area (Å²) in [5.74, 6) is -1.94. The van der Waals surface area contributed by atoms with E-state index in [4.69, 9.17) is 4.74 Å². The van der Waals surface area contributed by atoms with Crippen molar-refractivity contribution in [2.45, 2.75) is 51.8 Å². The van der Waals surface area contributed by atoms with Crippen LogP contribution in [-0.4, -0.2) is 18.2 Å². The number of halogens is 3. The molecule has 0 N–H and O–H groups in total. The summed E-state index contributed by atoms with van der Waals surface area (Å²) >= 11 is 0. The van der Waals surface area contributed by atoms with Gasteiger partial charge in [-0.3, -0.25) is 4.79 Å². The zero-order valence-electron chi connectivity index (χ0n) is 9.51. The van der Waals surface area contributed by atoms with E-state index in [1.54, 1.807) is 13.8 Å². The number of hydrogen-bond acceptors (Lipinski definition) is 2. The maximum atomic E-state index is 12.4. The number of esters is 1. The van der Waals surface area contributed by atoms with Crippen molar-refractivity contribution in [3.8, 4) is 0 Å². The Balaban J connectivity index is 2.40. The molecular weight excluding hydrogens is 221 g/mol. The average Bonchev–Trinajstić information content (AvgIpc) is 2.15. The molecule has 0 saturated heterocycles. The molecule has 0 amide bonds. The summed E-state index contributed by atoms with van der Waals surface area (Å²) in [6.45, 7) is 3.47. The molecule has 1 fully saturated rings. The highest BCUT2D eigenvalue weighted by molar-refractivity contribution is 5.72. The highest BCUT2D eigenvalue weighted by Gasteiger charge is 2.42. The predicted molar refractivity (Wildman–Crippen MR) is 52.7 cm³/mol. The second kappa shape index (κ2) is 5.06. The Morgan fingerprint density at radius 1 is 1.19 bits per heavy atom. The van der Waals surface area contributed by atoms with Crippen molar-refractivity contribution in [1.82, 2.24) is 0 Å². The number of hydrogen-bond donors (Lipinski definition) is 0. The van der Waals surface area contributed by atoms with E-state index >= 15 is 0 Å². The zero-order valence-corrected chi connectivity index (χ0v) is 9.51. The first-order chi connectivity index (χ1) is 7.30. The van der Waals surface area contributed by atoms with E-state index in [2.05, 4.69) is 0 Å². The third-order valence-electron chi connectivity index (χ3n) is 2.88. The summed E-state index contributed by atoms with van der Waals surface area (Å²) in [5.41, 5.74) is 0. The molecular formula is C11H17F3O2. The van der Waals surface area contributed by atoms with Gasteiger partial charge in [0.05, 0.1) is 17.9 Å². The maximum Gasteiger partial charge on any atom is 0.391 e. The van der Waals surface area contributed by atoms with Crippen LogP contribution >= 0.6 is 0 Å². The zero-order chi connectivity index (χ0) is 12.3. The molecule has 1 aliphatic carbocycles. The van der Waals surface area contributed by atoms with Crippen LogP contribution < -0.4 is 0 Å². The minimum Gasteiger partial charge on any atom is -0.463 e. The molecule has 0 aromatic carbocycles. The van der Waals surface area contributed by atoms with Crippen molar-refractivity contribution >= 4 is 5.97 Å². The van der Waals surface area contributed by atoms with Gasteiger partial charge in [0.15, 0.2) is 0 Å². The lowest BCUT2D eigenvalue weighted by Gasteiger charge is -2.29. The Morgan fingerprint density at radius 2 is 1.69 bits per heavy atom. The van der Waals surface area contributed by atoms with Crippen LogP contribution in [-0.2, 0) is 9.53 Å². The molecule has 0 aromatic heterocycles. The lowest BCUT2D eigenvalue weighted by molar-refractivity contribution is -0.187. The van der Waals surface area contributed by atoms with Gasteiger partial charge in [-0.05, 0) is 39.5 Å². The van der Waals surface area contributed by atoms with E-state index in [-0.39, 0.29) is 43.7 Å². The minimum absolute atomic E-state index is 0.0430. The SMILES string of the molecule is CC(C)OC(=O)C1CCC(C(F)(F)F)CC1. The van der Waals surface area contributed by atoms with E-state index in [1.165, 1.54) is 0 Å². The summed E-state index contributed by atoms with van der Waals surface area (Å²) in [6.07, 6.45) is -3.66. The fraction of sp³-hybridized carbons (Fsp3) is 0.909. The second-order valence-corrected chi connectivity index (χ2v) is 4.58. The van der Waals surface area contributed by atoms with Crippen LogP contribution in [0.1, 0.15) is 39.5 Å². The van der Waals surface area contributed by atoms with Crippen molar-refractivity contribution in [3.63, 3.8) is 0 Å². The standard InChI is InChI=1S/C11H17F3O2/c1-7(2)16-10(15)8-3-5-9(6-4-8)11(12,13)14/h7-9H,3-6H2,1-2H3.